The molecular formula is H11Ge4. The van der Waals surface area contributed by atoms with E-state index in [2.05, 4.69) is 0 Å². The van der Waals surface area contributed by atoms with Gasteiger partial charge in [0.25, 0.3) is 0 Å². The summed E-state index contributed by atoms with van der Waals surface area (Å²) in [5, 5.41) is 0. The van der Waals surface area contributed by atoms with E-state index in [0.29, 0.717) is 0 Å². The van der Waals surface area contributed by atoms with Crippen molar-refractivity contribution in [3.8, 4) is 0 Å². The molecule has 27 valence electrons. The van der Waals surface area contributed by atoms with Crippen LogP contribution in [-0.4, -0.2) is 70.4 Å². The van der Waals surface area contributed by atoms with E-state index in [1.807, 2.05) is 0 Å². The molecule has 0 aliphatic heterocycles. The Kier molecular flexibility index (Phi) is 167. The fourth-order valence-electron chi connectivity index (χ4n) is 0. The van der Waals surface area contributed by atoms with Crippen LogP contribution in [0, 0.1) is 0 Å². The van der Waals surface area contributed by atoms with Crippen molar-refractivity contribution in [2.24, 2.45) is 0 Å². The molecule has 0 saturated carbocycles. The maximum atomic E-state index is 0. The first-order valence-electron chi connectivity index (χ1n) is 0. The van der Waals surface area contributed by atoms with E-state index in [1.54, 1.807) is 0 Å². The Morgan fingerprint density at radius 1 is 0.750 bits per heavy atom. The van der Waals surface area contributed by atoms with Crippen LogP contribution < -0.4 is 0 Å². The average molecular weight is 302 g/mol. The molecule has 0 atom stereocenters. The summed E-state index contributed by atoms with van der Waals surface area (Å²) in [6.45, 7) is 0. The zero-order chi connectivity index (χ0) is 0. The van der Waals surface area contributed by atoms with Crippen LogP contribution in [-0.2, 0) is 0 Å². The fourth-order valence-corrected chi connectivity index (χ4v) is 0. The molecule has 0 aromatic rings. The summed E-state index contributed by atoms with van der Waals surface area (Å²) in [5.41, 5.74) is 0. The maximum absolute atomic E-state index is 0. The number of hydrogen-bond donors (Lipinski definition) is 0. The van der Waals surface area contributed by atoms with Crippen molar-refractivity contribution in [2.45, 2.75) is 0 Å². The van der Waals surface area contributed by atoms with Crippen LogP contribution in [0.4, 0.5) is 0 Å². The summed E-state index contributed by atoms with van der Waals surface area (Å²) in [6.07, 6.45) is 0. The molecule has 0 nitrogen and oxygen atoms in total. The Bertz CT molecular complexity index is 0. The normalized spacial score (nSPS) is 0. The minimum absolute atomic E-state index is 0. The van der Waals surface area contributed by atoms with Gasteiger partial charge in [-0.15, -0.1) is 0 Å². The van der Waals surface area contributed by atoms with Gasteiger partial charge in [0.05, 0.1) is 0 Å². The van der Waals surface area contributed by atoms with E-state index >= 15 is 0 Å². The van der Waals surface area contributed by atoms with Gasteiger partial charge in [-0.3, -0.25) is 0 Å². The van der Waals surface area contributed by atoms with E-state index in [-0.39, 0.29) is 70.4 Å². The van der Waals surface area contributed by atoms with Gasteiger partial charge in [-0.25, -0.2) is 0 Å². The Labute approximate surface area is 69.8 Å². The van der Waals surface area contributed by atoms with Crippen molar-refractivity contribution in [3.63, 3.8) is 0 Å². The van der Waals surface area contributed by atoms with Gasteiger partial charge in [0, 0.05) is 0 Å². The molecule has 0 aromatic carbocycles. The Hall–Kier alpha value is 2.17. The summed E-state index contributed by atoms with van der Waals surface area (Å²) >= 11 is 0. The molecule has 4 heteroatoms. The van der Waals surface area contributed by atoms with Crippen LogP contribution in [0.25, 0.3) is 0 Å². The van der Waals surface area contributed by atoms with Crippen molar-refractivity contribution in [1.82, 2.24) is 0 Å². The third-order valence-electron chi connectivity index (χ3n) is 0. The van der Waals surface area contributed by atoms with Crippen LogP contribution in [0.5, 0.6) is 0 Å². The Balaban J connectivity index is 0. The Morgan fingerprint density at radius 3 is 0.750 bits per heavy atom. The van der Waals surface area contributed by atoms with Crippen molar-refractivity contribution < 1.29 is 0 Å². The second-order valence-electron chi connectivity index (χ2n) is 0. The van der Waals surface area contributed by atoms with Crippen LogP contribution in [0.3, 0.4) is 0 Å². The quantitative estimate of drug-likeness (QED) is 0.396. The minimum atomic E-state index is 0. The van der Waals surface area contributed by atoms with Crippen molar-refractivity contribution >= 4 is 70.4 Å². The average Bonchev–Trinajstić information content (AvgIpc) is 0. The summed E-state index contributed by atoms with van der Waals surface area (Å²) in [4.78, 5) is 0. The predicted octanol–water partition coefficient (Wildman–Crippen LogP) is -4.47. The molecule has 0 spiro atoms. The molecule has 0 N–H and O–H groups in total. The molecule has 4 heavy (non-hydrogen) atoms. The van der Waals surface area contributed by atoms with Gasteiger partial charge >= 0.3 is 70.4 Å². The molecule has 0 heterocycles. The first-order valence-corrected chi connectivity index (χ1v) is 0. The summed E-state index contributed by atoms with van der Waals surface area (Å²) in [7, 11) is 0. The van der Waals surface area contributed by atoms with E-state index in [4.69, 9.17) is 0 Å². The summed E-state index contributed by atoms with van der Waals surface area (Å²) in [6, 6.07) is 0. The number of rotatable bonds is 0. The standard InChI is InChI=1S/GeH4.GeH3.2GeH2/h1H4;1H3;2*1H2. The van der Waals surface area contributed by atoms with Crippen LogP contribution in [0.2, 0.25) is 0 Å². The van der Waals surface area contributed by atoms with Gasteiger partial charge in [0.15, 0.2) is 0 Å². The molecule has 0 rings (SSSR count). The van der Waals surface area contributed by atoms with E-state index in [9.17, 15) is 0 Å². The van der Waals surface area contributed by atoms with Crippen LogP contribution in [0.15, 0.2) is 0 Å². The third-order valence-corrected chi connectivity index (χ3v) is 0. The SMILES string of the molecule is [GeH2].[GeH2].[GeH3].[GeH4]. The van der Waals surface area contributed by atoms with E-state index in [1.165, 1.54) is 0 Å². The van der Waals surface area contributed by atoms with Crippen molar-refractivity contribution in [2.75, 3.05) is 0 Å². The molecule has 0 bridgehead atoms. The summed E-state index contributed by atoms with van der Waals surface area (Å²) in [5.74, 6) is 0. The number of hydrogen-bond acceptors (Lipinski definition) is 0. The fraction of sp³-hybridized carbons (Fsp3) is 0. The topological polar surface area (TPSA) is 0 Å². The summed E-state index contributed by atoms with van der Waals surface area (Å²) < 4.78 is 0. The second kappa shape index (κ2) is 19.1. The molecule has 0 saturated heterocycles. The first kappa shape index (κ1) is 35.0. The van der Waals surface area contributed by atoms with Crippen LogP contribution >= 0.6 is 0 Å². The van der Waals surface area contributed by atoms with Crippen molar-refractivity contribution in [3.05, 3.63) is 0 Å². The zero-order valence-corrected chi connectivity index (χ0v) is 12.5. The van der Waals surface area contributed by atoms with Gasteiger partial charge in [-0.2, -0.15) is 0 Å². The molecule has 0 fully saturated rings. The molecule has 0 aliphatic carbocycles. The van der Waals surface area contributed by atoms with E-state index < -0.39 is 0 Å². The monoisotopic (exact) mass is 307 g/mol. The third kappa shape index (κ3) is 8.90. The molecule has 0 amide bonds. The van der Waals surface area contributed by atoms with Gasteiger partial charge in [-0.1, -0.05) is 0 Å². The van der Waals surface area contributed by atoms with Gasteiger partial charge in [0.1, 0.15) is 0 Å². The predicted molar refractivity (Wildman–Crippen MR) is 38.4 cm³/mol. The second-order valence-corrected chi connectivity index (χ2v) is 0. The van der Waals surface area contributed by atoms with E-state index in [0.717, 1.165) is 0 Å². The Morgan fingerprint density at radius 2 is 0.750 bits per heavy atom. The van der Waals surface area contributed by atoms with Gasteiger partial charge < -0.3 is 0 Å². The molecule has 0 aliphatic rings. The first-order chi connectivity index (χ1) is 0. The van der Waals surface area contributed by atoms with Crippen LogP contribution in [0.1, 0.15) is 0 Å². The van der Waals surface area contributed by atoms with Gasteiger partial charge in [-0.05, 0) is 0 Å². The van der Waals surface area contributed by atoms with Gasteiger partial charge in [0.2, 0.25) is 0 Å². The van der Waals surface area contributed by atoms with Crippen molar-refractivity contribution in [1.29, 1.82) is 0 Å². The molecule has 0 aromatic heterocycles. The zero-order valence-electron chi connectivity index (χ0n) is 2.41. The molecule has 0 unspecified atom stereocenters. The molecular weight excluding hydrogens is 290 g/mol. The molecule has 5 radical (unpaired) electrons.